The number of hydrogen-bond donors (Lipinski definition) is 1. The van der Waals surface area contributed by atoms with Crippen molar-refractivity contribution in [3.05, 3.63) is 151 Å². The number of furan rings is 1. The van der Waals surface area contributed by atoms with Crippen molar-refractivity contribution in [3.63, 3.8) is 0 Å². The molecule has 1 aromatic heterocycles. The molecule has 0 unspecified atom stereocenters. The van der Waals surface area contributed by atoms with Gasteiger partial charge in [0.25, 0.3) is 0 Å². The van der Waals surface area contributed by atoms with Crippen molar-refractivity contribution < 1.29 is 4.42 Å². The lowest BCUT2D eigenvalue weighted by molar-refractivity contribution is 0.446. The number of nitrogens with zero attached hydrogens (tertiary/aromatic N) is 1. The Kier molecular flexibility index (Phi) is 6.89. The maximum Gasteiger partial charge on any atom is 0.136 e. The van der Waals surface area contributed by atoms with Gasteiger partial charge in [0.1, 0.15) is 11.2 Å². The lowest BCUT2D eigenvalue weighted by Gasteiger charge is -2.32. The van der Waals surface area contributed by atoms with Crippen LogP contribution in [0.15, 0.2) is 150 Å². The molecule has 7 aromatic carbocycles. The van der Waals surface area contributed by atoms with Gasteiger partial charge < -0.3 is 14.6 Å². The number of rotatable bonds is 6. The molecule has 47 heavy (non-hydrogen) atoms. The lowest BCUT2D eigenvalue weighted by atomic mass is 9.80. The van der Waals surface area contributed by atoms with Crippen LogP contribution in [0.25, 0.3) is 43.5 Å². The molecule has 1 heterocycles. The van der Waals surface area contributed by atoms with Crippen molar-refractivity contribution in [1.82, 2.24) is 0 Å². The van der Waals surface area contributed by atoms with Gasteiger partial charge in [0.15, 0.2) is 0 Å². The van der Waals surface area contributed by atoms with Crippen molar-refractivity contribution in [2.45, 2.75) is 38.0 Å². The second kappa shape index (κ2) is 11.7. The van der Waals surface area contributed by atoms with Crippen molar-refractivity contribution in [3.8, 4) is 0 Å². The molecule has 0 bridgehead atoms. The second-order valence-electron chi connectivity index (χ2n) is 12.9. The number of benzene rings is 7. The van der Waals surface area contributed by atoms with E-state index < -0.39 is 0 Å². The third kappa shape index (κ3) is 5.09. The molecule has 8 aromatic rings. The maximum atomic E-state index is 6.70. The Balaban J connectivity index is 1.23. The third-order valence-electron chi connectivity index (χ3n) is 9.93. The molecular weight excluding hydrogens is 572 g/mol. The zero-order chi connectivity index (χ0) is 31.2. The summed E-state index contributed by atoms with van der Waals surface area (Å²) in [5.41, 5.74) is 9.08. The summed E-state index contributed by atoms with van der Waals surface area (Å²) in [5.74, 6) is 0.498. The van der Waals surface area contributed by atoms with Gasteiger partial charge in [-0.25, -0.2) is 0 Å². The average Bonchev–Trinajstić information content (AvgIpc) is 3.47. The zero-order valence-electron chi connectivity index (χ0n) is 26.3. The SMILES string of the molecule is c1ccc(Nc2ccc3cc4c(cc3c2)oc2cc3c(C5CCCCC5)c(N(c5ccccc5)c5ccccc5)ccc3cc24)cc1. The fourth-order valence-electron chi connectivity index (χ4n) is 7.71. The van der Waals surface area contributed by atoms with E-state index in [9.17, 15) is 0 Å². The highest BCUT2D eigenvalue weighted by Gasteiger charge is 2.26. The highest BCUT2D eigenvalue weighted by atomic mass is 16.3. The van der Waals surface area contributed by atoms with Gasteiger partial charge in [0.05, 0.1) is 5.69 Å². The van der Waals surface area contributed by atoms with Crippen molar-refractivity contribution in [1.29, 1.82) is 0 Å². The number of para-hydroxylation sites is 3. The number of anilines is 5. The highest BCUT2D eigenvalue weighted by molar-refractivity contribution is 6.14. The molecule has 0 radical (unpaired) electrons. The van der Waals surface area contributed by atoms with E-state index in [1.807, 2.05) is 6.07 Å². The van der Waals surface area contributed by atoms with Gasteiger partial charge in [0.2, 0.25) is 0 Å². The van der Waals surface area contributed by atoms with Crippen LogP contribution in [0.1, 0.15) is 43.6 Å². The Morgan fingerprint density at radius 1 is 0.489 bits per heavy atom. The summed E-state index contributed by atoms with van der Waals surface area (Å²) in [5, 5.41) is 10.8. The predicted molar refractivity (Wildman–Crippen MR) is 199 cm³/mol. The predicted octanol–water partition coefficient (Wildman–Crippen LogP) is 13.2. The summed E-state index contributed by atoms with van der Waals surface area (Å²) < 4.78 is 6.70. The summed E-state index contributed by atoms with van der Waals surface area (Å²) in [7, 11) is 0. The van der Waals surface area contributed by atoms with Gasteiger partial charge in [-0.2, -0.15) is 0 Å². The number of hydrogen-bond acceptors (Lipinski definition) is 3. The van der Waals surface area contributed by atoms with E-state index in [1.54, 1.807) is 0 Å². The molecule has 9 rings (SSSR count). The highest BCUT2D eigenvalue weighted by Crippen LogP contribution is 2.47. The number of nitrogens with one attached hydrogen (secondary N) is 1. The molecule has 1 N–H and O–H groups in total. The van der Waals surface area contributed by atoms with Crippen LogP contribution in [0, 0.1) is 0 Å². The van der Waals surface area contributed by atoms with E-state index in [0.717, 1.165) is 33.3 Å². The molecule has 0 aliphatic heterocycles. The standard InChI is InChI=1S/C44H36N2O/c1-5-13-30(14-6-1)44-38-29-43-40(27-32(38)22-24-41(44)46(36-17-9-3-10-18-36)37-19-11-4-12-20-37)39-26-31-21-23-35(25-33(31)28-42(39)47-43)45-34-15-7-2-8-16-34/h2-4,7-12,15-30,45H,1,5-6,13-14H2. The first kappa shape index (κ1) is 27.7. The summed E-state index contributed by atoms with van der Waals surface area (Å²) in [6, 6.07) is 52.3. The van der Waals surface area contributed by atoms with Gasteiger partial charge in [-0.05, 0) is 125 Å². The van der Waals surface area contributed by atoms with E-state index in [2.05, 4.69) is 150 Å². The van der Waals surface area contributed by atoms with Gasteiger partial charge in [-0.15, -0.1) is 0 Å². The first-order chi connectivity index (χ1) is 23.3. The molecule has 0 saturated heterocycles. The lowest BCUT2D eigenvalue weighted by Crippen LogP contribution is -2.15. The third-order valence-corrected chi connectivity index (χ3v) is 9.93. The minimum absolute atomic E-state index is 0.498. The summed E-state index contributed by atoms with van der Waals surface area (Å²) >= 11 is 0. The molecule has 0 spiro atoms. The first-order valence-electron chi connectivity index (χ1n) is 16.9. The molecule has 3 nitrogen and oxygen atoms in total. The molecule has 228 valence electrons. The van der Waals surface area contributed by atoms with E-state index in [4.69, 9.17) is 4.42 Å². The average molecular weight is 609 g/mol. The van der Waals surface area contributed by atoms with Crippen molar-refractivity contribution >= 4 is 71.9 Å². The van der Waals surface area contributed by atoms with Gasteiger partial charge in [0, 0.05) is 33.5 Å². The number of fused-ring (bicyclic) bond motifs is 5. The Hall–Kier alpha value is -5.54. The summed E-state index contributed by atoms with van der Waals surface area (Å²) in [6.45, 7) is 0. The van der Waals surface area contributed by atoms with Crippen LogP contribution in [0.3, 0.4) is 0 Å². The Bertz CT molecular complexity index is 2320. The molecule has 0 amide bonds. The molecule has 1 fully saturated rings. The monoisotopic (exact) mass is 608 g/mol. The minimum Gasteiger partial charge on any atom is -0.456 e. The zero-order valence-corrected chi connectivity index (χ0v) is 26.3. The van der Waals surface area contributed by atoms with Crippen LogP contribution in [0.2, 0.25) is 0 Å². The van der Waals surface area contributed by atoms with E-state index >= 15 is 0 Å². The molecule has 3 heteroatoms. The van der Waals surface area contributed by atoms with E-state index in [1.165, 1.54) is 76.3 Å². The fourth-order valence-corrected chi connectivity index (χ4v) is 7.71. The van der Waals surface area contributed by atoms with Crippen LogP contribution < -0.4 is 10.2 Å². The van der Waals surface area contributed by atoms with Crippen LogP contribution in [0.4, 0.5) is 28.4 Å². The topological polar surface area (TPSA) is 28.4 Å². The van der Waals surface area contributed by atoms with E-state index in [-0.39, 0.29) is 0 Å². The van der Waals surface area contributed by atoms with Crippen LogP contribution in [0.5, 0.6) is 0 Å². The Morgan fingerprint density at radius 2 is 1.11 bits per heavy atom. The second-order valence-corrected chi connectivity index (χ2v) is 12.9. The van der Waals surface area contributed by atoms with Crippen LogP contribution in [-0.2, 0) is 0 Å². The molecular formula is C44H36N2O. The van der Waals surface area contributed by atoms with Gasteiger partial charge in [-0.1, -0.05) is 86.0 Å². The fraction of sp³-hybridized carbons (Fsp3) is 0.136. The van der Waals surface area contributed by atoms with Crippen molar-refractivity contribution in [2.75, 3.05) is 10.2 Å². The molecule has 1 aliphatic carbocycles. The quantitative estimate of drug-likeness (QED) is 0.204. The van der Waals surface area contributed by atoms with Crippen LogP contribution in [-0.4, -0.2) is 0 Å². The normalized spacial score (nSPS) is 13.9. The van der Waals surface area contributed by atoms with E-state index in [0.29, 0.717) is 5.92 Å². The minimum atomic E-state index is 0.498. The summed E-state index contributed by atoms with van der Waals surface area (Å²) in [4.78, 5) is 2.44. The van der Waals surface area contributed by atoms with Gasteiger partial charge >= 0.3 is 0 Å². The summed E-state index contributed by atoms with van der Waals surface area (Å²) in [6.07, 6.45) is 6.30. The largest absolute Gasteiger partial charge is 0.456 e. The molecule has 0 atom stereocenters. The molecule has 1 aliphatic rings. The smallest absolute Gasteiger partial charge is 0.136 e. The van der Waals surface area contributed by atoms with Crippen molar-refractivity contribution in [2.24, 2.45) is 0 Å². The Morgan fingerprint density at radius 3 is 1.81 bits per heavy atom. The molecule has 1 saturated carbocycles. The Labute approximate surface area is 275 Å². The first-order valence-corrected chi connectivity index (χ1v) is 16.9. The van der Waals surface area contributed by atoms with Gasteiger partial charge in [-0.3, -0.25) is 0 Å². The van der Waals surface area contributed by atoms with Crippen LogP contribution >= 0.6 is 0 Å². The maximum absolute atomic E-state index is 6.70.